The number of hydrogen-bond acceptors (Lipinski definition) is 4. The topological polar surface area (TPSA) is 64.4 Å². The van der Waals surface area contributed by atoms with Gasteiger partial charge in [0.2, 0.25) is 0 Å². The van der Waals surface area contributed by atoms with Crippen LogP contribution in [-0.4, -0.2) is 18.1 Å². The van der Waals surface area contributed by atoms with Gasteiger partial charge in [0.25, 0.3) is 5.69 Å². The van der Waals surface area contributed by atoms with Gasteiger partial charge in [-0.05, 0) is 6.42 Å². The summed E-state index contributed by atoms with van der Waals surface area (Å²) in [6.45, 7) is 6.36. The zero-order valence-electron chi connectivity index (χ0n) is 10.1. The first-order valence-corrected chi connectivity index (χ1v) is 5.90. The Balaban J connectivity index is 2.90. The van der Waals surface area contributed by atoms with Gasteiger partial charge in [0, 0.05) is 22.9 Å². The fraction of sp³-hybridized carbons (Fsp3) is 0.333. The van der Waals surface area contributed by atoms with E-state index < -0.39 is 4.92 Å². The van der Waals surface area contributed by atoms with Gasteiger partial charge < -0.3 is 10.1 Å². The van der Waals surface area contributed by atoms with Crippen LogP contribution < -0.4 is 10.1 Å². The van der Waals surface area contributed by atoms with E-state index in [2.05, 4.69) is 11.9 Å². The molecule has 1 aromatic rings. The predicted octanol–water partition coefficient (Wildman–Crippen LogP) is 3.55. The third-order valence-corrected chi connectivity index (χ3v) is 2.19. The molecule has 5 nitrogen and oxygen atoms in total. The second-order valence-electron chi connectivity index (χ2n) is 3.69. The number of ether oxygens (including phenoxy) is 1. The fourth-order valence-corrected chi connectivity index (χ4v) is 1.36. The van der Waals surface area contributed by atoms with Gasteiger partial charge in [-0.3, -0.25) is 10.1 Å². The summed E-state index contributed by atoms with van der Waals surface area (Å²) in [6, 6.07) is 4.53. The maximum absolute atomic E-state index is 10.8. The van der Waals surface area contributed by atoms with Crippen molar-refractivity contribution < 1.29 is 9.66 Å². The zero-order valence-corrected chi connectivity index (χ0v) is 10.9. The molecule has 0 radical (unpaired) electrons. The lowest BCUT2D eigenvalue weighted by atomic mass is 10.2. The van der Waals surface area contributed by atoms with Crippen molar-refractivity contribution in [2.24, 2.45) is 0 Å². The van der Waals surface area contributed by atoms with E-state index in [1.165, 1.54) is 12.1 Å². The molecule has 0 bridgehead atoms. The van der Waals surface area contributed by atoms with Gasteiger partial charge in [0.05, 0.1) is 24.1 Å². The number of rotatable bonds is 7. The lowest BCUT2D eigenvalue weighted by Crippen LogP contribution is -2.03. The Hall–Kier alpha value is -1.75. The molecular formula is C12H15ClN2O3. The summed E-state index contributed by atoms with van der Waals surface area (Å²) in [5.41, 5.74) is 0.559. The van der Waals surface area contributed by atoms with Gasteiger partial charge >= 0.3 is 0 Å². The first kappa shape index (κ1) is 14.3. The lowest BCUT2D eigenvalue weighted by molar-refractivity contribution is -0.384. The summed E-state index contributed by atoms with van der Waals surface area (Å²) in [6.07, 6.45) is 0.837. The first-order valence-electron chi connectivity index (χ1n) is 5.52. The molecule has 0 heterocycles. The molecule has 0 aliphatic carbocycles. The van der Waals surface area contributed by atoms with Crippen molar-refractivity contribution in [1.82, 2.24) is 0 Å². The maximum Gasteiger partial charge on any atom is 0.275 e. The van der Waals surface area contributed by atoms with Crippen LogP contribution in [0.15, 0.2) is 29.8 Å². The van der Waals surface area contributed by atoms with E-state index >= 15 is 0 Å². The second-order valence-corrected chi connectivity index (χ2v) is 4.23. The van der Waals surface area contributed by atoms with Crippen LogP contribution in [0.1, 0.15) is 13.3 Å². The average Bonchev–Trinajstić information content (AvgIpc) is 2.33. The molecule has 0 saturated carbocycles. The van der Waals surface area contributed by atoms with Crippen molar-refractivity contribution in [3.63, 3.8) is 0 Å². The number of halogens is 1. The minimum atomic E-state index is -0.459. The Morgan fingerprint density at radius 1 is 1.56 bits per heavy atom. The van der Waals surface area contributed by atoms with Crippen molar-refractivity contribution in [2.75, 3.05) is 18.5 Å². The van der Waals surface area contributed by atoms with Gasteiger partial charge in [-0.15, -0.1) is 0 Å². The Kier molecular flexibility index (Phi) is 5.45. The summed E-state index contributed by atoms with van der Waals surface area (Å²) in [5.74, 6) is 0.466. The summed E-state index contributed by atoms with van der Waals surface area (Å²) in [7, 11) is 0. The molecule has 1 rings (SSSR count). The molecule has 0 atom stereocenters. The summed E-state index contributed by atoms with van der Waals surface area (Å²) in [4.78, 5) is 10.3. The number of nitrogens with one attached hydrogen (secondary N) is 1. The van der Waals surface area contributed by atoms with Crippen LogP contribution in [0.4, 0.5) is 11.4 Å². The van der Waals surface area contributed by atoms with Crippen molar-refractivity contribution >= 4 is 23.0 Å². The number of non-ortho nitro benzene ring substituents is 1. The van der Waals surface area contributed by atoms with E-state index in [1.807, 2.05) is 6.92 Å². The van der Waals surface area contributed by atoms with E-state index in [1.54, 1.807) is 6.07 Å². The van der Waals surface area contributed by atoms with Crippen LogP contribution in [-0.2, 0) is 0 Å². The van der Waals surface area contributed by atoms with E-state index in [0.717, 1.165) is 6.42 Å². The number of anilines is 1. The lowest BCUT2D eigenvalue weighted by Gasteiger charge is -2.09. The number of nitrogens with zero attached hydrogens (tertiary/aromatic N) is 1. The van der Waals surface area contributed by atoms with Gasteiger partial charge in [-0.25, -0.2) is 0 Å². The molecule has 98 valence electrons. The molecule has 0 aliphatic rings. The minimum absolute atomic E-state index is 0.0220. The van der Waals surface area contributed by atoms with E-state index in [-0.39, 0.29) is 5.69 Å². The zero-order chi connectivity index (χ0) is 13.5. The average molecular weight is 271 g/mol. The van der Waals surface area contributed by atoms with Crippen molar-refractivity contribution in [3.05, 3.63) is 39.9 Å². The van der Waals surface area contributed by atoms with Crippen molar-refractivity contribution in [2.45, 2.75) is 13.3 Å². The molecule has 18 heavy (non-hydrogen) atoms. The SMILES string of the molecule is C=C(Cl)CNc1cc(OCCC)cc([N+](=O)[O-])c1. The number of hydrogen-bond donors (Lipinski definition) is 1. The number of nitro benzene ring substituents is 1. The monoisotopic (exact) mass is 270 g/mol. The Morgan fingerprint density at radius 2 is 2.28 bits per heavy atom. The Labute approximate surface area is 111 Å². The standard InChI is InChI=1S/C12H15ClN2O3/c1-3-4-18-12-6-10(14-8-9(2)13)5-11(7-12)15(16)17/h5-7,14H,2-4,8H2,1H3. The van der Waals surface area contributed by atoms with E-state index in [9.17, 15) is 10.1 Å². The molecule has 1 N–H and O–H groups in total. The molecule has 0 saturated heterocycles. The highest BCUT2D eigenvalue weighted by molar-refractivity contribution is 6.29. The highest BCUT2D eigenvalue weighted by Gasteiger charge is 2.10. The molecule has 6 heteroatoms. The highest BCUT2D eigenvalue weighted by atomic mass is 35.5. The highest BCUT2D eigenvalue weighted by Crippen LogP contribution is 2.26. The third kappa shape index (κ3) is 4.63. The largest absolute Gasteiger partial charge is 0.493 e. The van der Waals surface area contributed by atoms with E-state index in [0.29, 0.717) is 29.6 Å². The molecule has 1 aromatic carbocycles. The molecule has 0 fully saturated rings. The summed E-state index contributed by atoms with van der Waals surface area (Å²) >= 11 is 5.63. The van der Waals surface area contributed by atoms with Gasteiger partial charge in [0.15, 0.2) is 0 Å². The third-order valence-electron chi connectivity index (χ3n) is 2.06. The van der Waals surface area contributed by atoms with Crippen LogP contribution in [0.5, 0.6) is 5.75 Å². The van der Waals surface area contributed by atoms with Crippen LogP contribution in [0.2, 0.25) is 0 Å². The summed E-state index contributed by atoms with van der Waals surface area (Å²) in [5, 5.41) is 14.2. The molecule has 0 unspecified atom stereocenters. The quantitative estimate of drug-likeness (QED) is 0.608. The first-order chi connectivity index (χ1) is 8.52. The molecule has 0 amide bonds. The molecule has 0 spiro atoms. The predicted molar refractivity (Wildman–Crippen MR) is 72.4 cm³/mol. The Bertz CT molecular complexity index is 449. The number of benzene rings is 1. The normalized spacial score (nSPS) is 9.89. The van der Waals surface area contributed by atoms with Crippen molar-refractivity contribution in [3.8, 4) is 5.75 Å². The number of nitro groups is 1. The molecular weight excluding hydrogens is 256 g/mol. The van der Waals surface area contributed by atoms with E-state index in [4.69, 9.17) is 16.3 Å². The maximum atomic E-state index is 10.8. The second kappa shape index (κ2) is 6.86. The van der Waals surface area contributed by atoms with Crippen molar-refractivity contribution in [1.29, 1.82) is 0 Å². The molecule has 0 aliphatic heterocycles. The van der Waals surface area contributed by atoms with Gasteiger partial charge in [-0.2, -0.15) is 0 Å². The van der Waals surface area contributed by atoms with Gasteiger partial charge in [-0.1, -0.05) is 25.1 Å². The molecule has 0 aromatic heterocycles. The van der Waals surface area contributed by atoms with Crippen LogP contribution >= 0.6 is 11.6 Å². The Morgan fingerprint density at radius 3 is 2.83 bits per heavy atom. The minimum Gasteiger partial charge on any atom is -0.493 e. The van der Waals surface area contributed by atoms with Crippen LogP contribution in [0.25, 0.3) is 0 Å². The van der Waals surface area contributed by atoms with Crippen LogP contribution in [0, 0.1) is 10.1 Å². The van der Waals surface area contributed by atoms with Crippen LogP contribution in [0.3, 0.4) is 0 Å². The fourth-order valence-electron chi connectivity index (χ4n) is 1.29. The van der Waals surface area contributed by atoms with Gasteiger partial charge in [0.1, 0.15) is 5.75 Å². The summed E-state index contributed by atoms with van der Waals surface area (Å²) < 4.78 is 5.39. The smallest absolute Gasteiger partial charge is 0.275 e.